The van der Waals surface area contributed by atoms with Gasteiger partial charge in [0.2, 0.25) is 0 Å². The van der Waals surface area contributed by atoms with Gasteiger partial charge in [-0.15, -0.1) is 29.8 Å². The van der Waals surface area contributed by atoms with Crippen molar-refractivity contribution < 1.29 is 0 Å². The molecule has 0 saturated carbocycles. The molecular formula is C6H12Cl2Si. The SMILES string of the molecule is C=C(C)CC[SiH2]C(Cl)Cl. The van der Waals surface area contributed by atoms with Gasteiger partial charge >= 0.3 is 0 Å². The Balaban J connectivity index is 3.01. The summed E-state index contributed by atoms with van der Waals surface area (Å²) in [5, 5.41) is 0. The van der Waals surface area contributed by atoms with Gasteiger partial charge in [-0.05, 0) is 13.3 Å². The van der Waals surface area contributed by atoms with E-state index in [1.54, 1.807) is 0 Å². The van der Waals surface area contributed by atoms with Crippen LogP contribution in [0.25, 0.3) is 0 Å². The lowest BCUT2D eigenvalue weighted by Crippen LogP contribution is -1.99. The third kappa shape index (κ3) is 8.54. The molecule has 0 aliphatic heterocycles. The van der Waals surface area contributed by atoms with Crippen LogP contribution in [-0.4, -0.2) is 14.0 Å². The molecule has 3 heteroatoms. The van der Waals surface area contributed by atoms with Gasteiger partial charge < -0.3 is 0 Å². The number of hydrogen-bond donors (Lipinski definition) is 0. The lowest BCUT2D eigenvalue weighted by molar-refractivity contribution is 1.09. The number of alkyl halides is 2. The molecule has 0 rings (SSSR count). The van der Waals surface area contributed by atoms with Crippen molar-refractivity contribution in [2.24, 2.45) is 0 Å². The highest BCUT2D eigenvalue weighted by atomic mass is 35.5. The number of hydrogen-bond acceptors (Lipinski definition) is 0. The summed E-state index contributed by atoms with van der Waals surface area (Å²) < 4.78 is -0.0654. The first-order chi connectivity index (χ1) is 4.13. The second kappa shape index (κ2) is 5.33. The molecule has 0 aliphatic carbocycles. The van der Waals surface area contributed by atoms with E-state index >= 15 is 0 Å². The Bertz CT molecular complexity index is 91.1. The molecule has 0 aromatic carbocycles. The molecule has 0 fully saturated rings. The fraction of sp³-hybridized carbons (Fsp3) is 0.667. The van der Waals surface area contributed by atoms with Crippen molar-refractivity contribution in [3.05, 3.63) is 12.2 Å². The molecule has 0 heterocycles. The van der Waals surface area contributed by atoms with Gasteiger partial charge in [0.1, 0.15) is 0 Å². The van der Waals surface area contributed by atoms with Crippen molar-refractivity contribution in [1.29, 1.82) is 0 Å². The predicted octanol–water partition coefficient (Wildman–Crippen LogP) is 2.30. The summed E-state index contributed by atoms with van der Waals surface area (Å²) in [6, 6.07) is 1.19. The molecule has 0 N–H and O–H groups in total. The molecule has 0 atom stereocenters. The highest BCUT2D eigenvalue weighted by molar-refractivity contribution is 6.68. The van der Waals surface area contributed by atoms with Crippen LogP contribution in [0.1, 0.15) is 13.3 Å². The maximum Gasteiger partial charge on any atom is 0.0908 e. The molecule has 9 heavy (non-hydrogen) atoms. The molecule has 0 aromatic rings. The number of rotatable bonds is 4. The summed E-state index contributed by atoms with van der Waals surface area (Å²) in [6.45, 7) is 5.82. The normalized spacial score (nSPS) is 11.6. The number of halogens is 2. The van der Waals surface area contributed by atoms with Crippen LogP contribution in [0.2, 0.25) is 6.04 Å². The zero-order valence-corrected chi connectivity index (χ0v) is 8.59. The van der Waals surface area contributed by atoms with Crippen LogP contribution >= 0.6 is 23.2 Å². The largest absolute Gasteiger partial charge is 0.110 e. The van der Waals surface area contributed by atoms with Crippen LogP contribution < -0.4 is 0 Å². The van der Waals surface area contributed by atoms with E-state index < -0.39 is 0 Å². The van der Waals surface area contributed by atoms with Crippen molar-refractivity contribution >= 4 is 32.7 Å². The number of allylic oxidation sites excluding steroid dienone is 1. The Kier molecular flexibility index (Phi) is 5.65. The van der Waals surface area contributed by atoms with Crippen LogP contribution in [0.15, 0.2) is 12.2 Å². The molecule has 0 saturated heterocycles. The summed E-state index contributed by atoms with van der Waals surface area (Å²) in [4.78, 5) is 0. The van der Waals surface area contributed by atoms with Crippen LogP contribution in [0, 0.1) is 0 Å². The van der Waals surface area contributed by atoms with Gasteiger partial charge in [0.25, 0.3) is 0 Å². The monoisotopic (exact) mass is 182 g/mol. The van der Waals surface area contributed by atoms with Crippen LogP contribution in [0.4, 0.5) is 0 Å². The van der Waals surface area contributed by atoms with Gasteiger partial charge in [-0.3, -0.25) is 0 Å². The highest BCUT2D eigenvalue weighted by Gasteiger charge is 1.97. The first-order valence-corrected chi connectivity index (χ1v) is 5.74. The van der Waals surface area contributed by atoms with Crippen LogP contribution in [0.3, 0.4) is 0 Å². The highest BCUT2D eigenvalue weighted by Crippen LogP contribution is 2.06. The topological polar surface area (TPSA) is 0 Å². The van der Waals surface area contributed by atoms with E-state index in [4.69, 9.17) is 23.2 Å². The molecule has 0 bridgehead atoms. The Hall–Kier alpha value is 0.537. The van der Waals surface area contributed by atoms with Crippen molar-refractivity contribution in [3.8, 4) is 0 Å². The first kappa shape index (κ1) is 9.54. The van der Waals surface area contributed by atoms with E-state index in [1.807, 2.05) is 6.92 Å². The van der Waals surface area contributed by atoms with Crippen molar-refractivity contribution in [1.82, 2.24) is 0 Å². The van der Waals surface area contributed by atoms with Gasteiger partial charge in [-0.2, -0.15) is 0 Å². The second-order valence-electron chi connectivity index (χ2n) is 2.24. The third-order valence-electron chi connectivity index (χ3n) is 1.03. The molecule has 0 nitrogen and oxygen atoms in total. The van der Waals surface area contributed by atoms with E-state index in [2.05, 4.69) is 6.58 Å². The average Bonchev–Trinajstić information content (AvgIpc) is 1.63. The minimum Gasteiger partial charge on any atom is -0.110 e. The van der Waals surface area contributed by atoms with E-state index in [0.29, 0.717) is 0 Å². The maximum absolute atomic E-state index is 5.56. The smallest absolute Gasteiger partial charge is 0.0908 e. The molecule has 0 amide bonds. The standard InChI is InChI=1S/C6H12Cl2Si/c1-5(2)3-4-9-6(7)8/h6H,1,3-4,9H2,2H3. The Labute approximate surface area is 69.1 Å². The van der Waals surface area contributed by atoms with Gasteiger partial charge in [-0.1, -0.05) is 11.6 Å². The van der Waals surface area contributed by atoms with Crippen molar-refractivity contribution in [3.63, 3.8) is 0 Å². The second-order valence-corrected chi connectivity index (χ2v) is 6.65. The first-order valence-electron chi connectivity index (χ1n) is 3.05. The summed E-state index contributed by atoms with van der Waals surface area (Å²) in [5.74, 6) is 0. The summed E-state index contributed by atoms with van der Waals surface area (Å²) in [5.41, 5.74) is 1.23. The Morgan fingerprint density at radius 1 is 1.67 bits per heavy atom. The minimum atomic E-state index is -0.227. The Morgan fingerprint density at radius 3 is 2.56 bits per heavy atom. The van der Waals surface area contributed by atoms with Crippen LogP contribution in [0.5, 0.6) is 0 Å². The fourth-order valence-corrected chi connectivity index (χ4v) is 2.60. The molecule has 0 unspecified atom stereocenters. The van der Waals surface area contributed by atoms with Crippen molar-refractivity contribution in [2.75, 3.05) is 0 Å². The Morgan fingerprint density at radius 2 is 2.22 bits per heavy atom. The van der Waals surface area contributed by atoms with E-state index in [9.17, 15) is 0 Å². The lowest BCUT2D eigenvalue weighted by atomic mass is 10.3. The van der Waals surface area contributed by atoms with Crippen LogP contribution in [-0.2, 0) is 0 Å². The quantitative estimate of drug-likeness (QED) is 0.356. The van der Waals surface area contributed by atoms with E-state index in [1.165, 1.54) is 11.6 Å². The van der Waals surface area contributed by atoms with E-state index in [-0.39, 0.29) is 14.0 Å². The van der Waals surface area contributed by atoms with Crippen molar-refractivity contribution in [2.45, 2.75) is 23.8 Å². The molecule has 0 radical (unpaired) electrons. The predicted molar refractivity (Wildman–Crippen MR) is 48.3 cm³/mol. The molecule has 54 valence electrons. The molecule has 0 aliphatic rings. The van der Waals surface area contributed by atoms with Gasteiger partial charge in [-0.25, -0.2) is 0 Å². The van der Waals surface area contributed by atoms with Gasteiger partial charge in [0.15, 0.2) is 0 Å². The molecule has 0 aromatic heterocycles. The molecular weight excluding hydrogens is 171 g/mol. The average molecular weight is 183 g/mol. The fourth-order valence-electron chi connectivity index (χ4n) is 0.558. The minimum absolute atomic E-state index is 0.0654. The van der Waals surface area contributed by atoms with E-state index in [0.717, 1.165) is 6.42 Å². The summed E-state index contributed by atoms with van der Waals surface area (Å²) >= 11 is 11.1. The third-order valence-corrected chi connectivity index (χ3v) is 3.53. The lowest BCUT2D eigenvalue weighted by Gasteiger charge is -1.98. The zero-order chi connectivity index (χ0) is 7.28. The van der Waals surface area contributed by atoms with Gasteiger partial charge in [0.05, 0.1) is 14.0 Å². The zero-order valence-electron chi connectivity index (χ0n) is 5.66. The van der Waals surface area contributed by atoms with Gasteiger partial charge in [0, 0.05) is 0 Å². The summed E-state index contributed by atoms with van der Waals surface area (Å²) in [6.07, 6.45) is 1.10. The molecule has 0 spiro atoms. The summed E-state index contributed by atoms with van der Waals surface area (Å²) in [7, 11) is -0.227. The maximum atomic E-state index is 5.56.